The van der Waals surface area contributed by atoms with Gasteiger partial charge in [-0.3, -0.25) is 0 Å². The lowest BCUT2D eigenvalue weighted by atomic mass is 10.1. The molecule has 12 heavy (non-hydrogen) atoms. The number of nitrogens with zero attached hydrogens (tertiary/aromatic N) is 1. The Hall–Kier alpha value is -0.670. The smallest absolute Gasteiger partial charge is 0.368 e. The van der Waals surface area contributed by atoms with Crippen LogP contribution in [-0.2, 0) is 0 Å². The van der Waals surface area contributed by atoms with Crippen molar-refractivity contribution in [3.63, 3.8) is 0 Å². The first kappa shape index (κ1) is 9.42. The highest BCUT2D eigenvalue weighted by Gasteiger charge is 2.42. The summed E-state index contributed by atoms with van der Waals surface area (Å²) in [5, 5.41) is 0. The van der Waals surface area contributed by atoms with Gasteiger partial charge in [0, 0.05) is 13.1 Å². The molecule has 0 amide bonds. The molecule has 1 unspecified atom stereocenters. The fourth-order valence-electron chi connectivity index (χ4n) is 1.64. The quantitative estimate of drug-likeness (QED) is 0.552. The maximum absolute atomic E-state index is 12.3. The van der Waals surface area contributed by atoms with Crippen LogP contribution in [-0.4, -0.2) is 24.2 Å². The van der Waals surface area contributed by atoms with Crippen LogP contribution >= 0.6 is 0 Å². The Kier molecular flexibility index (Phi) is 2.10. The topological polar surface area (TPSA) is 3.24 Å². The summed E-state index contributed by atoms with van der Waals surface area (Å²) in [6, 6.07) is -0.0263. The van der Waals surface area contributed by atoms with Gasteiger partial charge in [-0.15, -0.1) is 0 Å². The van der Waals surface area contributed by atoms with E-state index in [1.54, 1.807) is 13.8 Å². The molecular weight excluding hydrogens is 167 g/mol. The van der Waals surface area contributed by atoms with E-state index in [1.165, 1.54) is 11.9 Å². The molecule has 0 saturated carbocycles. The predicted molar refractivity (Wildman–Crippen MR) is 40.6 cm³/mol. The van der Waals surface area contributed by atoms with Crippen LogP contribution in [0.1, 0.15) is 20.3 Å². The molecule has 1 atom stereocenters. The molecule has 1 nitrogen and oxygen atoms in total. The molecule has 0 N–H and O–H groups in total. The Morgan fingerprint density at radius 2 is 1.92 bits per heavy atom. The van der Waals surface area contributed by atoms with E-state index < -0.39 is 11.9 Å². The van der Waals surface area contributed by atoms with Crippen molar-refractivity contribution in [3.8, 4) is 0 Å². The van der Waals surface area contributed by atoms with Gasteiger partial charge in [-0.05, 0) is 25.8 Å². The minimum absolute atomic E-state index is 0.0263. The van der Waals surface area contributed by atoms with E-state index in [0.29, 0.717) is 12.0 Å². The lowest BCUT2D eigenvalue weighted by molar-refractivity contribution is -0.109. The van der Waals surface area contributed by atoms with Crippen molar-refractivity contribution in [2.75, 3.05) is 7.05 Å². The number of halogens is 3. The number of hydrogen-bond donors (Lipinski definition) is 0. The number of alkyl halides is 3. The summed E-state index contributed by atoms with van der Waals surface area (Å²) in [4.78, 5) is 1.30. The van der Waals surface area contributed by atoms with Crippen LogP contribution < -0.4 is 0 Å². The number of hydrogen-bond acceptors (Lipinski definition) is 1. The van der Waals surface area contributed by atoms with Crippen molar-refractivity contribution >= 4 is 0 Å². The maximum Gasteiger partial charge on any atom is 0.431 e. The summed E-state index contributed by atoms with van der Waals surface area (Å²) < 4.78 is 37.0. The Balaban J connectivity index is 2.96. The molecular formula is C8H12F3N. The van der Waals surface area contributed by atoms with Crippen LogP contribution in [0.15, 0.2) is 11.3 Å². The highest BCUT2D eigenvalue weighted by molar-refractivity contribution is 5.22. The molecule has 4 heteroatoms. The van der Waals surface area contributed by atoms with Crippen LogP contribution in [0.25, 0.3) is 0 Å². The molecule has 1 rings (SSSR count). The zero-order valence-electron chi connectivity index (χ0n) is 7.37. The second-order valence-electron chi connectivity index (χ2n) is 3.29. The predicted octanol–water partition coefficient (Wildman–Crippen LogP) is 2.55. The molecule has 0 bridgehead atoms. The summed E-state index contributed by atoms with van der Waals surface area (Å²) in [6.07, 6.45) is -3.67. The third kappa shape index (κ3) is 1.42. The fourth-order valence-corrected chi connectivity index (χ4v) is 1.64. The average molecular weight is 179 g/mol. The van der Waals surface area contributed by atoms with Gasteiger partial charge in [0.25, 0.3) is 0 Å². The van der Waals surface area contributed by atoms with Gasteiger partial charge in [0.2, 0.25) is 0 Å². The second-order valence-corrected chi connectivity index (χ2v) is 3.29. The lowest BCUT2D eigenvalue weighted by Crippen LogP contribution is -2.30. The zero-order chi connectivity index (χ0) is 9.52. The van der Waals surface area contributed by atoms with Crippen molar-refractivity contribution in [2.24, 2.45) is 0 Å². The van der Waals surface area contributed by atoms with Crippen LogP contribution in [0.5, 0.6) is 0 Å². The Morgan fingerprint density at radius 3 is 2.08 bits per heavy atom. The van der Waals surface area contributed by atoms with Gasteiger partial charge < -0.3 is 4.90 Å². The van der Waals surface area contributed by atoms with E-state index >= 15 is 0 Å². The van der Waals surface area contributed by atoms with Crippen molar-refractivity contribution in [1.29, 1.82) is 0 Å². The summed E-state index contributed by atoms with van der Waals surface area (Å²) >= 11 is 0. The van der Waals surface area contributed by atoms with Crippen molar-refractivity contribution in [3.05, 3.63) is 11.3 Å². The summed E-state index contributed by atoms with van der Waals surface area (Å²) in [5.74, 6) is 0. The lowest BCUT2D eigenvalue weighted by Gasteiger charge is -2.23. The minimum Gasteiger partial charge on any atom is -0.368 e. The van der Waals surface area contributed by atoms with E-state index in [1.807, 2.05) is 0 Å². The molecule has 0 aromatic rings. The fraction of sp³-hybridized carbons (Fsp3) is 0.750. The van der Waals surface area contributed by atoms with Crippen molar-refractivity contribution < 1.29 is 13.2 Å². The minimum atomic E-state index is -4.19. The maximum atomic E-state index is 12.3. The van der Waals surface area contributed by atoms with Gasteiger partial charge in [0.1, 0.15) is 5.70 Å². The Morgan fingerprint density at radius 1 is 1.42 bits per heavy atom. The van der Waals surface area contributed by atoms with Crippen LogP contribution in [0, 0.1) is 0 Å². The van der Waals surface area contributed by atoms with Crippen molar-refractivity contribution in [1.82, 2.24) is 4.90 Å². The van der Waals surface area contributed by atoms with Gasteiger partial charge in [-0.25, -0.2) is 0 Å². The molecule has 0 aliphatic carbocycles. The molecule has 1 heterocycles. The molecule has 0 aromatic carbocycles. The van der Waals surface area contributed by atoms with Crippen LogP contribution in [0.3, 0.4) is 0 Å². The first-order chi connectivity index (χ1) is 5.34. The van der Waals surface area contributed by atoms with Gasteiger partial charge in [0.15, 0.2) is 0 Å². The highest BCUT2D eigenvalue weighted by Crippen LogP contribution is 2.37. The second kappa shape index (κ2) is 2.68. The summed E-state index contributed by atoms with van der Waals surface area (Å²) in [6.45, 7) is 3.34. The summed E-state index contributed by atoms with van der Waals surface area (Å²) in [5.41, 5.74) is -0.0208. The average Bonchev–Trinajstić information content (AvgIpc) is 2.05. The SMILES string of the molecule is CC1=C(C(F)(F)F)N(C)C(C)C1. The van der Waals surface area contributed by atoms with Crippen LogP contribution in [0.4, 0.5) is 13.2 Å². The third-order valence-electron chi connectivity index (χ3n) is 2.29. The van der Waals surface area contributed by atoms with Gasteiger partial charge >= 0.3 is 6.18 Å². The first-order valence-corrected chi connectivity index (χ1v) is 3.84. The normalized spacial score (nSPS) is 25.5. The van der Waals surface area contributed by atoms with E-state index in [-0.39, 0.29) is 6.04 Å². The van der Waals surface area contributed by atoms with E-state index in [2.05, 4.69) is 0 Å². The highest BCUT2D eigenvalue weighted by atomic mass is 19.4. The standard InChI is InChI=1S/C8H12F3N/c1-5-4-6(2)12(3)7(5)8(9,10)11/h6H,4H2,1-3H3. The monoisotopic (exact) mass is 179 g/mol. The van der Waals surface area contributed by atoms with Crippen LogP contribution in [0.2, 0.25) is 0 Å². The third-order valence-corrected chi connectivity index (χ3v) is 2.29. The van der Waals surface area contributed by atoms with Gasteiger partial charge in [-0.1, -0.05) is 0 Å². The zero-order valence-corrected chi connectivity index (χ0v) is 7.37. The molecule has 0 spiro atoms. The molecule has 0 saturated heterocycles. The molecule has 0 aromatic heterocycles. The van der Waals surface area contributed by atoms with Gasteiger partial charge in [-0.2, -0.15) is 13.2 Å². The molecule has 0 radical (unpaired) electrons. The van der Waals surface area contributed by atoms with E-state index in [4.69, 9.17) is 0 Å². The number of allylic oxidation sites excluding steroid dienone is 1. The first-order valence-electron chi connectivity index (χ1n) is 3.84. The van der Waals surface area contributed by atoms with E-state index in [0.717, 1.165) is 0 Å². The largest absolute Gasteiger partial charge is 0.431 e. The molecule has 0 fully saturated rings. The van der Waals surface area contributed by atoms with E-state index in [9.17, 15) is 13.2 Å². The Labute approximate surface area is 69.9 Å². The molecule has 70 valence electrons. The molecule has 1 aliphatic rings. The summed E-state index contributed by atoms with van der Waals surface area (Å²) in [7, 11) is 1.49. The van der Waals surface area contributed by atoms with Gasteiger partial charge in [0.05, 0.1) is 0 Å². The molecule has 1 aliphatic heterocycles. The Bertz CT molecular complexity index is 217. The number of rotatable bonds is 0. The van der Waals surface area contributed by atoms with Crippen molar-refractivity contribution in [2.45, 2.75) is 32.5 Å².